The minimum Gasteiger partial charge on any atom is -0.433 e. The predicted molar refractivity (Wildman–Crippen MR) is 55.8 cm³/mol. The monoisotopic (exact) mass is 332 g/mol. The second kappa shape index (κ2) is 5.21. The maximum Gasteiger partial charge on any atom is 0.420 e. The van der Waals surface area contributed by atoms with E-state index >= 15 is 0 Å². The van der Waals surface area contributed by atoms with Crippen molar-refractivity contribution in [1.82, 2.24) is 0 Å². The Morgan fingerprint density at radius 1 is 1.33 bits per heavy atom. The van der Waals surface area contributed by atoms with Gasteiger partial charge in [0.15, 0.2) is 11.5 Å². The van der Waals surface area contributed by atoms with Crippen molar-refractivity contribution < 1.29 is 31.5 Å². The molecule has 1 aromatic carbocycles. The summed E-state index contributed by atoms with van der Waals surface area (Å²) < 4.78 is 65.4. The summed E-state index contributed by atoms with van der Waals surface area (Å²) in [6.07, 6.45) is -4.86. The van der Waals surface area contributed by atoms with Gasteiger partial charge in [0.2, 0.25) is 0 Å². The number of ether oxygens (including phenoxy) is 1. The van der Waals surface area contributed by atoms with Crippen LogP contribution in [0.4, 0.5) is 22.0 Å². The smallest absolute Gasteiger partial charge is 0.420 e. The Labute approximate surface area is 107 Å². The Morgan fingerprint density at radius 2 is 1.89 bits per heavy atom. The maximum atomic E-state index is 12.6. The van der Waals surface area contributed by atoms with E-state index in [1.807, 2.05) is 0 Å². The zero-order valence-electron chi connectivity index (χ0n) is 8.82. The summed E-state index contributed by atoms with van der Waals surface area (Å²) in [5.74, 6) is -1.67. The quantitative estimate of drug-likeness (QED) is 0.610. The molecule has 0 aliphatic heterocycles. The van der Waals surface area contributed by atoms with Crippen molar-refractivity contribution in [2.75, 3.05) is 0 Å². The van der Waals surface area contributed by atoms with E-state index in [0.717, 1.165) is 13.0 Å². The second-order valence-corrected chi connectivity index (χ2v) is 4.03. The molecule has 18 heavy (non-hydrogen) atoms. The molecule has 0 unspecified atom stereocenters. The predicted octanol–water partition coefficient (Wildman–Crippen LogP) is 4.27. The fourth-order valence-corrected chi connectivity index (χ4v) is 1.97. The van der Waals surface area contributed by atoms with Crippen LogP contribution in [0.25, 0.3) is 0 Å². The van der Waals surface area contributed by atoms with Crippen molar-refractivity contribution in [3.8, 4) is 5.75 Å². The van der Waals surface area contributed by atoms with Gasteiger partial charge in [-0.3, -0.25) is 4.79 Å². The first-order valence-corrected chi connectivity index (χ1v) is 5.29. The molecular formula is C10H6BrF5O2. The number of alkyl halides is 5. The normalized spacial score (nSPS) is 11.8. The van der Waals surface area contributed by atoms with Gasteiger partial charge in [-0.25, -0.2) is 0 Å². The summed E-state index contributed by atoms with van der Waals surface area (Å²) in [5.41, 5.74) is -1.54. The number of ketones is 1. The molecule has 0 atom stereocenters. The molecule has 0 heterocycles. The number of benzene rings is 1. The highest BCUT2D eigenvalue weighted by atomic mass is 79.9. The number of carbonyl (C=O) groups excluding carboxylic acids is 1. The molecule has 0 saturated heterocycles. The van der Waals surface area contributed by atoms with Gasteiger partial charge in [-0.2, -0.15) is 22.0 Å². The van der Waals surface area contributed by atoms with Gasteiger partial charge in [-0.15, -0.1) is 0 Å². The lowest BCUT2D eigenvalue weighted by molar-refractivity contribution is -0.142. The Morgan fingerprint density at radius 3 is 2.28 bits per heavy atom. The summed E-state index contributed by atoms with van der Waals surface area (Å²) in [6, 6.07) is 1.42. The molecule has 1 rings (SSSR count). The fraction of sp³-hybridized carbons (Fsp3) is 0.300. The molecule has 0 N–H and O–H groups in total. The molecule has 2 nitrogen and oxygen atoms in total. The van der Waals surface area contributed by atoms with Crippen LogP contribution in [-0.4, -0.2) is 12.4 Å². The lowest BCUT2D eigenvalue weighted by atomic mass is 10.1. The minimum atomic E-state index is -4.86. The van der Waals surface area contributed by atoms with Gasteiger partial charge in [0.1, 0.15) is 0 Å². The molecule has 8 heteroatoms. The van der Waals surface area contributed by atoms with Crippen molar-refractivity contribution in [1.29, 1.82) is 0 Å². The molecule has 0 aliphatic carbocycles. The molecule has 0 amide bonds. The highest BCUT2D eigenvalue weighted by Crippen LogP contribution is 2.42. The lowest BCUT2D eigenvalue weighted by Gasteiger charge is -2.16. The van der Waals surface area contributed by atoms with E-state index in [9.17, 15) is 26.7 Å². The van der Waals surface area contributed by atoms with Gasteiger partial charge in [0.05, 0.1) is 10.0 Å². The first kappa shape index (κ1) is 14.9. The summed E-state index contributed by atoms with van der Waals surface area (Å²) in [7, 11) is 0. The van der Waals surface area contributed by atoms with Crippen LogP contribution in [0.15, 0.2) is 16.6 Å². The zero-order valence-corrected chi connectivity index (χ0v) is 10.4. The molecule has 0 radical (unpaired) electrons. The van der Waals surface area contributed by atoms with E-state index in [-0.39, 0.29) is 5.56 Å². The molecule has 0 fully saturated rings. The van der Waals surface area contributed by atoms with Crippen LogP contribution >= 0.6 is 15.9 Å². The van der Waals surface area contributed by atoms with Crippen molar-refractivity contribution >= 4 is 21.7 Å². The maximum absolute atomic E-state index is 12.6. The van der Waals surface area contributed by atoms with Gasteiger partial charge in [-0.1, -0.05) is 0 Å². The molecule has 0 aromatic heterocycles. The molecule has 0 bridgehead atoms. The average Bonchev–Trinajstić information content (AvgIpc) is 2.17. The Balaban J connectivity index is 3.46. The van der Waals surface area contributed by atoms with E-state index in [0.29, 0.717) is 6.07 Å². The van der Waals surface area contributed by atoms with Crippen molar-refractivity contribution in [2.24, 2.45) is 0 Å². The number of carbonyl (C=O) groups is 1. The number of rotatable bonds is 3. The van der Waals surface area contributed by atoms with E-state index in [1.165, 1.54) is 0 Å². The highest BCUT2D eigenvalue weighted by molar-refractivity contribution is 9.10. The SMILES string of the molecule is CC(=O)c1ccc(C(F)(F)F)c(OC(F)F)c1Br. The van der Waals surface area contributed by atoms with Crippen LogP contribution in [0.5, 0.6) is 5.75 Å². The number of hydrogen-bond acceptors (Lipinski definition) is 2. The van der Waals surface area contributed by atoms with Crippen LogP contribution in [-0.2, 0) is 6.18 Å². The first-order valence-electron chi connectivity index (χ1n) is 4.50. The molecule has 1 aromatic rings. The third-order valence-electron chi connectivity index (χ3n) is 1.99. The molecule has 0 spiro atoms. The first-order chi connectivity index (χ1) is 8.14. The molecular weight excluding hydrogens is 327 g/mol. The average molecular weight is 333 g/mol. The summed E-state index contributed by atoms with van der Waals surface area (Å²) in [4.78, 5) is 11.1. The Hall–Kier alpha value is -1.18. The van der Waals surface area contributed by atoms with Gasteiger partial charge >= 0.3 is 12.8 Å². The highest BCUT2D eigenvalue weighted by Gasteiger charge is 2.37. The van der Waals surface area contributed by atoms with Crippen LogP contribution in [0, 0.1) is 0 Å². The van der Waals surface area contributed by atoms with Crippen molar-refractivity contribution in [2.45, 2.75) is 19.7 Å². The van der Waals surface area contributed by atoms with Crippen LogP contribution in [0.2, 0.25) is 0 Å². The summed E-state index contributed by atoms with van der Waals surface area (Å²) in [6.45, 7) is -2.33. The van der Waals surface area contributed by atoms with Crippen molar-refractivity contribution in [3.05, 3.63) is 27.7 Å². The molecule has 0 saturated carbocycles. The van der Waals surface area contributed by atoms with E-state index < -0.39 is 34.4 Å². The van der Waals surface area contributed by atoms with Crippen LogP contribution in [0.3, 0.4) is 0 Å². The van der Waals surface area contributed by atoms with Gasteiger partial charge in [0.25, 0.3) is 0 Å². The number of halogens is 6. The van der Waals surface area contributed by atoms with E-state index in [4.69, 9.17) is 0 Å². The summed E-state index contributed by atoms with van der Waals surface area (Å²) in [5, 5.41) is 0. The lowest BCUT2D eigenvalue weighted by Crippen LogP contribution is -2.13. The Bertz CT molecular complexity index is 470. The molecule has 0 aliphatic rings. The summed E-state index contributed by atoms with van der Waals surface area (Å²) >= 11 is 2.67. The van der Waals surface area contributed by atoms with Gasteiger partial charge in [0, 0.05) is 5.56 Å². The van der Waals surface area contributed by atoms with Gasteiger partial charge in [-0.05, 0) is 35.0 Å². The van der Waals surface area contributed by atoms with E-state index in [1.54, 1.807) is 0 Å². The van der Waals surface area contributed by atoms with Crippen LogP contribution < -0.4 is 4.74 Å². The van der Waals surface area contributed by atoms with Crippen LogP contribution in [0.1, 0.15) is 22.8 Å². The fourth-order valence-electron chi connectivity index (χ4n) is 1.26. The molecule has 100 valence electrons. The van der Waals surface area contributed by atoms with E-state index in [2.05, 4.69) is 20.7 Å². The Kier molecular flexibility index (Phi) is 4.31. The zero-order chi connectivity index (χ0) is 14.1. The van der Waals surface area contributed by atoms with Crippen molar-refractivity contribution in [3.63, 3.8) is 0 Å². The number of hydrogen-bond donors (Lipinski definition) is 0. The topological polar surface area (TPSA) is 26.3 Å². The second-order valence-electron chi connectivity index (χ2n) is 3.24. The minimum absolute atomic E-state index is 0.168. The third-order valence-corrected chi connectivity index (χ3v) is 2.78. The third kappa shape index (κ3) is 3.18. The standard InChI is InChI=1S/C10H6BrF5O2/c1-4(17)5-2-3-6(10(14,15)16)8(7(5)11)18-9(12)13/h2-3,9H,1H3. The number of Topliss-reactive ketones (excluding diaryl/α,β-unsaturated/α-hetero) is 1. The van der Waals surface area contributed by atoms with Gasteiger partial charge < -0.3 is 4.74 Å². The largest absolute Gasteiger partial charge is 0.433 e.